The molecule has 0 aliphatic heterocycles. The number of carbonyl (C=O) groups excluding carboxylic acids is 3. The third-order valence-electron chi connectivity index (χ3n) is 4.00. The molecule has 7 heteroatoms. The van der Waals surface area contributed by atoms with Crippen LogP contribution >= 0.6 is 0 Å². The van der Waals surface area contributed by atoms with E-state index in [1.807, 2.05) is 54.6 Å². The molecule has 4 N–H and O–H groups in total. The Morgan fingerprint density at radius 2 is 1.54 bits per heavy atom. The average molecular weight is 383 g/mol. The van der Waals surface area contributed by atoms with Crippen molar-refractivity contribution in [2.75, 3.05) is 18.5 Å². The van der Waals surface area contributed by atoms with Crippen LogP contribution in [-0.4, -0.2) is 31.1 Å². The Balaban J connectivity index is 1.64. The van der Waals surface area contributed by atoms with E-state index in [4.69, 9.17) is 10.5 Å². The van der Waals surface area contributed by atoms with Gasteiger partial charge in [-0.05, 0) is 36.1 Å². The first-order chi connectivity index (χ1) is 13.5. The molecule has 2 aromatic carbocycles. The molecule has 0 bridgehead atoms. The standard InChI is InChI=1S/C21H25N3O4/c22-21(27)23-14-6-2-5-9-20(26)28-15-19(25)24-18-12-10-17(11-13-18)16-7-3-1-4-8-16/h1,3-4,7-8,10-13H,2,5-6,9,14-15H2,(H,24,25)(H3,22,23,27). The molecule has 7 nitrogen and oxygen atoms in total. The number of ether oxygens (including phenoxy) is 1. The van der Waals surface area contributed by atoms with Crippen LogP contribution in [0.4, 0.5) is 10.5 Å². The summed E-state index contributed by atoms with van der Waals surface area (Å²) in [6, 6.07) is 16.8. The minimum absolute atomic E-state index is 0.232. The number of carbonyl (C=O) groups is 3. The predicted molar refractivity (Wildman–Crippen MR) is 108 cm³/mol. The summed E-state index contributed by atoms with van der Waals surface area (Å²) in [5.41, 5.74) is 7.74. The number of benzene rings is 2. The quantitative estimate of drug-likeness (QED) is 0.432. The minimum atomic E-state index is -0.555. The van der Waals surface area contributed by atoms with Gasteiger partial charge in [-0.15, -0.1) is 0 Å². The maximum absolute atomic E-state index is 11.9. The molecule has 0 fully saturated rings. The van der Waals surface area contributed by atoms with E-state index >= 15 is 0 Å². The van der Waals surface area contributed by atoms with Crippen LogP contribution in [-0.2, 0) is 14.3 Å². The summed E-state index contributed by atoms with van der Waals surface area (Å²) in [6.45, 7) is 0.165. The van der Waals surface area contributed by atoms with Gasteiger partial charge in [0.15, 0.2) is 6.61 Å². The molecular weight excluding hydrogens is 358 g/mol. The Morgan fingerprint density at radius 1 is 0.857 bits per heavy atom. The molecule has 3 amide bonds. The van der Waals surface area contributed by atoms with E-state index in [0.29, 0.717) is 18.7 Å². The van der Waals surface area contributed by atoms with E-state index in [2.05, 4.69) is 10.6 Å². The molecule has 148 valence electrons. The van der Waals surface area contributed by atoms with Crippen molar-refractivity contribution in [3.8, 4) is 11.1 Å². The van der Waals surface area contributed by atoms with Gasteiger partial charge in [0, 0.05) is 18.7 Å². The molecule has 0 heterocycles. The number of esters is 1. The number of hydrogen-bond donors (Lipinski definition) is 3. The van der Waals surface area contributed by atoms with E-state index < -0.39 is 12.0 Å². The molecule has 0 saturated heterocycles. The molecule has 28 heavy (non-hydrogen) atoms. The number of anilines is 1. The maximum atomic E-state index is 11.9. The van der Waals surface area contributed by atoms with Crippen LogP contribution in [0.15, 0.2) is 54.6 Å². The Labute approximate surface area is 164 Å². The number of rotatable bonds is 10. The smallest absolute Gasteiger partial charge is 0.312 e. The van der Waals surface area contributed by atoms with Crippen LogP contribution in [0.25, 0.3) is 11.1 Å². The van der Waals surface area contributed by atoms with Crippen LogP contribution in [0, 0.1) is 0 Å². The Bertz CT molecular complexity index is 776. The normalized spacial score (nSPS) is 10.1. The van der Waals surface area contributed by atoms with Crippen molar-refractivity contribution in [2.45, 2.75) is 25.7 Å². The molecule has 0 unspecified atom stereocenters. The van der Waals surface area contributed by atoms with Gasteiger partial charge >= 0.3 is 12.0 Å². The fourth-order valence-electron chi connectivity index (χ4n) is 2.57. The lowest BCUT2D eigenvalue weighted by molar-refractivity contribution is -0.147. The summed E-state index contributed by atoms with van der Waals surface area (Å²) in [5.74, 6) is -0.802. The lowest BCUT2D eigenvalue weighted by Crippen LogP contribution is -2.29. The van der Waals surface area contributed by atoms with Gasteiger partial charge in [-0.25, -0.2) is 4.79 Å². The van der Waals surface area contributed by atoms with E-state index in [0.717, 1.165) is 24.0 Å². The summed E-state index contributed by atoms with van der Waals surface area (Å²) in [7, 11) is 0. The molecule has 0 aliphatic rings. The Morgan fingerprint density at radius 3 is 2.21 bits per heavy atom. The molecule has 0 saturated carbocycles. The van der Waals surface area contributed by atoms with Gasteiger partial charge in [0.05, 0.1) is 0 Å². The summed E-state index contributed by atoms with van der Waals surface area (Å²) < 4.78 is 4.97. The second-order valence-corrected chi connectivity index (χ2v) is 6.25. The molecule has 0 aromatic heterocycles. The van der Waals surface area contributed by atoms with Crippen LogP contribution in [0.1, 0.15) is 25.7 Å². The Hall–Kier alpha value is -3.35. The van der Waals surface area contributed by atoms with Crippen molar-refractivity contribution in [1.82, 2.24) is 5.32 Å². The van der Waals surface area contributed by atoms with Crippen LogP contribution in [0.3, 0.4) is 0 Å². The third-order valence-corrected chi connectivity index (χ3v) is 4.00. The van der Waals surface area contributed by atoms with Gasteiger partial charge in [0.25, 0.3) is 5.91 Å². The van der Waals surface area contributed by atoms with Crippen molar-refractivity contribution in [3.05, 3.63) is 54.6 Å². The number of urea groups is 1. The number of amides is 3. The number of hydrogen-bond acceptors (Lipinski definition) is 4. The van der Waals surface area contributed by atoms with Crippen LogP contribution in [0.2, 0.25) is 0 Å². The fraction of sp³-hybridized carbons (Fsp3) is 0.286. The summed E-state index contributed by atoms with van der Waals surface area (Å²) in [4.78, 5) is 34.1. The zero-order valence-electron chi connectivity index (χ0n) is 15.6. The predicted octanol–water partition coefficient (Wildman–Crippen LogP) is 3.06. The van der Waals surface area contributed by atoms with Crippen molar-refractivity contribution >= 4 is 23.6 Å². The highest BCUT2D eigenvalue weighted by Crippen LogP contribution is 2.20. The average Bonchev–Trinajstić information content (AvgIpc) is 2.70. The Kier molecular flexibility index (Phi) is 8.52. The number of nitrogens with one attached hydrogen (secondary N) is 2. The number of primary amides is 1. The highest BCUT2D eigenvalue weighted by atomic mass is 16.5. The highest BCUT2D eigenvalue weighted by Gasteiger charge is 2.08. The summed E-state index contributed by atoms with van der Waals surface area (Å²) >= 11 is 0. The van der Waals surface area contributed by atoms with Gasteiger partial charge in [0.2, 0.25) is 0 Å². The summed E-state index contributed by atoms with van der Waals surface area (Å²) in [5, 5.41) is 5.18. The first-order valence-electron chi connectivity index (χ1n) is 9.19. The van der Waals surface area contributed by atoms with E-state index in [1.165, 1.54) is 0 Å². The monoisotopic (exact) mass is 383 g/mol. The lowest BCUT2D eigenvalue weighted by atomic mass is 10.1. The van der Waals surface area contributed by atoms with Crippen LogP contribution in [0.5, 0.6) is 0 Å². The molecule has 0 aliphatic carbocycles. The fourth-order valence-corrected chi connectivity index (χ4v) is 2.57. The summed E-state index contributed by atoms with van der Waals surface area (Å²) in [6.07, 6.45) is 2.35. The molecule has 2 aromatic rings. The minimum Gasteiger partial charge on any atom is -0.456 e. The van der Waals surface area contributed by atoms with Gasteiger partial charge in [0.1, 0.15) is 0 Å². The zero-order chi connectivity index (χ0) is 20.2. The van der Waals surface area contributed by atoms with Crippen molar-refractivity contribution < 1.29 is 19.1 Å². The first kappa shape index (κ1) is 21.0. The molecule has 0 spiro atoms. The van der Waals surface area contributed by atoms with Crippen molar-refractivity contribution in [2.24, 2.45) is 5.73 Å². The van der Waals surface area contributed by atoms with Gasteiger partial charge in [-0.1, -0.05) is 48.9 Å². The van der Waals surface area contributed by atoms with Gasteiger partial charge < -0.3 is 21.1 Å². The molecule has 0 atom stereocenters. The SMILES string of the molecule is NC(=O)NCCCCCC(=O)OCC(=O)Nc1ccc(-c2ccccc2)cc1. The highest BCUT2D eigenvalue weighted by molar-refractivity contribution is 5.93. The second kappa shape index (κ2) is 11.4. The van der Waals surface area contributed by atoms with Gasteiger partial charge in [-0.2, -0.15) is 0 Å². The lowest BCUT2D eigenvalue weighted by Gasteiger charge is -2.08. The zero-order valence-corrected chi connectivity index (χ0v) is 15.6. The van der Waals surface area contributed by atoms with Gasteiger partial charge in [-0.3, -0.25) is 9.59 Å². The van der Waals surface area contributed by atoms with E-state index in [9.17, 15) is 14.4 Å². The second-order valence-electron chi connectivity index (χ2n) is 6.25. The van der Waals surface area contributed by atoms with Crippen molar-refractivity contribution in [1.29, 1.82) is 0 Å². The molecule has 0 radical (unpaired) electrons. The van der Waals surface area contributed by atoms with Crippen LogP contribution < -0.4 is 16.4 Å². The third kappa shape index (κ3) is 7.90. The number of unbranched alkanes of at least 4 members (excludes halogenated alkanes) is 2. The van der Waals surface area contributed by atoms with Crippen molar-refractivity contribution in [3.63, 3.8) is 0 Å². The topological polar surface area (TPSA) is 111 Å². The van der Waals surface area contributed by atoms with E-state index in [1.54, 1.807) is 0 Å². The maximum Gasteiger partial charge on any atom is 0.312 e. The van der Waals surface area contributed by atoms with E-state index in [-0.39, 0.29) is 18.9 Å². The first-order valence-corrected chi connectivity index (χ1v) is 9.19. The largest absolute Gasteiger partial charge is 0.456 e. The molecular formula is C21H25N3O4. The molecule has 2 rings (SSSR count). The number of nitrogens with two attached hydrogens (primary N) is 1.